The topological polar surface area (TPSA) is 23.8 Å². The molecule has 1 radical (unpaired) electrons. The summed E-state index contributed by atoms with van der Waals surface area (Å²) in [7, 11) is 0. The van der Waals surface area contributed by atoms with Crippen molar-refractivity contribution in [2.75, 3.05) is 6.54 Å². The minimum absolute atomic E-state index is 0.260. The predicted molar refractivity (Wildman–Crippen MR) is 58.3 cm³/mol. The van der Waals surface area contributed by atoms with Gasteiger partial charge in [0, 0.05) is 6.42 Å². The van der Waals surface area contributed by atoms with Crippen molar-refractivity contribution in [1.82, 2.24) is 5.73 Å². The lowest BCUT2D eigenvalue weighted by Crippen LogP contribution is -1.80. The van der Waals surface area contributed by atoms with E-state index in [1.165, 1.54) is 44.9 Å². The largest absolute Gasteiger partial charge is 0.245 e. The van der Waals surface area contributed by atoms with E-state index in [9.17, 15) is 0 Å². The second-order valence-electron chi connectivity index (χ2n) is 3.40. The quantitative estimate of drug-likeness (QED) is 0.423. The van der Waals surface area contributed by atoms with Crippen molar-refractivity contribution in [3.05, 3.63) is 0 Å². The number of hydrogen-bond donors (Lipinski definition) is 0. The van der Waals surface area contributed by atoms with Crippen molar-refractivity contribution >= 4 is 0 Å². The first-order valence-electron chi connectivity index (χ1n) is 5.52. The molecule has 0 saturated heterocycles. The van der Waals surface area contributed by atoms with Crippen LogP contribution in [-0.2, 0) is 0 Å². The third-order valence-electron chi connectivity index (χ3n) is 2.12. The Morgan fingerprint density at radius 2 is 1.46 bits per heavy atom. The van der Waals surface area contributed by atoms with E-state index in [1.54, 1.807) is 0 Å². The SMILES string of the molecule is CCCCCCCCCC#CC[NH]. The number of unbranched alkanes of at least 4 members (excludes halogenated alkanes) is 7. The Balaban J connectivity index is 2.91. The molecular weight excluding hydrogens is 158 g/mol. The van der Waals surface area contributed by atoms with Gasteiger partial charge in [-0.25, -0.2) is 5.73 Å². The highest BCUT2D eigenvalue weighted by Crippen LogP contribution is 2.07. The molecule has 0 saturated carbocycles. The van der Waals surface area contributed by atoms with Gasteiger partial charge in [0.05, 0.1) is 6.54 Å². The predicted octanol–water partition coefficient (Wildman–Crippen LogP) is 3.41. The summed E-state index contributed by atoms with van der Waals surface area (Å²) >= 11 is 0. The Morgan fingerprint density at radius 1 is 0.846 bits per heavy atom. The zero-order valence-corrected chi connectivity index (χ0v) is 8.86. The lowest BCUT2D eigenvalue weighted by Gasteiger charge is -1.97. The molecule has 0 bridgehead atoms. The van der Waals surface area contributed by atoms with Crippen molar-refractivity contribution in [1.29, 1.82) is 0 Å². The molecule has 0 fully saturated rings. The zero-order chi connectivity index (χ0) is 9.78. The molecule has 1 N–H and O–H groups in total. The van der Waals surface area contributed by atoms with Crippen LogP contribution in [0.2, 0.25) is 0 Å². The molecule has 0 aromatic heterocycles. The van der Waals surface area contributed by atoms with Gasteiger partial charge in [-0.15, -0.1) is 5.92 Å². The maximum Gasteiger partial charge on any atom is 0.0712 e. The van der Waals surface area contributed by atoms with Crippen LogP contribution < -0.4 is 5.73 Å². The summed E-state index contributed by atoms with van der Waals surface area (Å²) < 4.78 is 0. The van der Waals surface area contributed by atoms with Crippen LogP contribution in [-0.4, -0.2) is 6.54 Å². The fraction of sp³-hybridized carbons (Fsp3) is 0.833. The third kappa shape index (κ3) is 11.5. The first kappa shape index (κ1) is 12.5. The Labute approximate surface area is 83.1 Å². The molecule has 0 heterocycles. The molecule has 0 aliphatic heterocycles. The van der Waals surface area contributed by atoms with Crippen LogP contribution in [0.25, 0.3) is 0 Å². The molecule has 0 aromatic carbocycles. The Morgan fingerprint density at radius 3 is 2.08 bits per heavy atom. The molecule has 0 aromatic rings. The fourth-order valence-corrected chi connectivity index (χ4v) is 1.32. The highest BCUT2D eigenvalue weighted by atomic mass is 14.5. The Bertz CT molecular complexity index is 141. The molecule has 0 spiro atoms. The van der Waals surface area contributed by atoms with Gasteiger partial charge in [0.1, 0.15) is 0 Å². The van der Waals surface area contributed by atoms with Crippen molar-refractivity contribution in [2.45, 2.75) is 58.3 Å². The van der Waals surface area contributed by atoms with Gasteiger partial charge in [-0.2, -0.15) is 0 Å². The number of nitrogens with one attached hydrogen (secondary N) is 1. The van der Waals surface area contributed by atoms with Gasteiger partial charge in [-0.1, -0.05) is 51.4 Å². The van der Waals surface area contributed by atoms with E-state index in [0.29, 0.717) is 0 Å². The summed E-state index contributed by atoms with van der Waals surface area (Å²) in [6, 6.07) is 0. The minimum Gasteiger partial charge on any atom is -0.245 e. The van der Waals surface area contributed by atoms with Gasteiger partial charge in [-0.05, 0) is 6.42 Å². The number of hydrogen-bond acceptors (Lipinski definition) is 0. The smallest absolute Gasteiger partial charge is 0.0712 e. The molecule has 13 heavy (non-hydrogen) atoms. The van der Waals surface area contributed by atoms with E-state index in [-0.39, 0.29) is 6.54 Å². The van der Waals surface area contributed by atoms with Crippen LogP contribution in [0.1, 0.15) is 58.3 Å². The monoisotopic (exact) mass is 180 g/mol. The second kappa shape index (κ2) is 11.5. The van der Waals surface area contributed by atoms with Gasteiger partial charge >= 0.3 is 0 Å². The first-order valence-corrected chi connectivity index (χ1v) is 5.52. The molecule has 1 heteroatoms. The van der Waals surface area contributed by atoms with Crippen LogP contribution in [0.4, 0.5) is 0 Å². The molecule has 0 atom stereocenters. The molecule has 75 valence electrons. The van der Waals surface area contributed by atoms with Crippen molar-refractivity contribution in [3.63, 3.8) is 0 Å². The minimum atomic E-state index is 0.260. The summed E-state index contributed by atoms with van der Waals surface area (Å²) in [5, 5.41) is 0. The lowest BCUT2D eigenvalue weighted by atomic mass is 10.1. The lowest BCUT2D eigenvalue weighted by molar-refractivity contribution is 0.594. The summed E-state index contributed by atoms with van der Waals surface area (Å²) in [4.78, 5) is 0. The van der Waals surface area contributed by atoms with Crippen LogP contribution >= 0.6 is 0 Å². The van der Waals surface area contributed by atoms with E-state index in [0.717, 1.165) is 6.42 Å². The van der Waals surface area contributed by atoms with E-state index < -0.39 is 0 Å². The molecule has 0 aliphatic carbocycles. The Hall–Kier alpha value is -0.480. The fourth-order valence-electron chi connectivity index (χ4n) is 1.32. The third-order valence-corrected chi connectivity index (χ3v) is 2.12. The highest BCUT2D eigenvalue weighted by molar-refractivity contribution is 4.99. The maximum atomic E-state index is 6.82. The van der Waals surface area contributed by atoms with Gasteiger partial charge in [0.25, 0.3) is 0 Å². The molecule has 0 aliphatic rings. The van der Waals surface area contributed by atoms with Gasteiger partial charge in [0.15, 0.2) is 0 Å². The molecule has 0 unspecified atom stereocenters. The van der Waals surface area contributed by atoms with Crippen molar-refractivity contribution in [2.24, 2.45) is 0 Å². The summed E-state index contributed by atoms with van der Waals surface area (Å²) in [5.74, 6) is 5.78. The average molecular weight is 180 g/mol. The second-order valence-corrected chi connectivity index (χ2v) is 3.40. The van der Waals surface area contributed by atoms with Gasteiger partial charge in [0.2, 0.25) is 0 Å². The van der Waals surface area contributed by atoms with Crippen LogP contribution in [0.3, 0.4) is 0 Å². The van der Waals surface area contributed by atoms with Crippen molar-refractivity contribution < 1.29 is 0 Å². The Kier molecular flexibility index (Phi) is 11.1. The van der Waals surface area contributed by atoms with Crippen molar-refractivity contribution in [3.8, 4) is 11.8 Å². The molecule has 0 amide bonds. The van der Waals surface area contributed by atoms with Crippen LogP contribution in [0.5, 0.6) is 0 Å². The summed E-state index contributed by atoms with van der Waals surface area (Å²) in [5.41, 5.74) is 6.82. The highest BCUT2D eigenvalue weighted by Gasteiger charge is 1.88. The van der Waals surface area contributed by atoms with E-state index in [2.05, 4.69) is 18.8 Å². The van der Waals surface area contributed by atoms with Crippen LogP contribution in [0, 0.1) is 11.8 Å². The average Bonchev–Trinajstić information content (AvgIpc) is 2.16. The summed E-state index contributed by atoms with van der Waals surface area (Å²) in [6.45, 7) is 2.51. The van der Waals surface area contributed by atoms with Crippen LogP contribution in [0.15, 0.2) is 0 Å². The molecule has 1 nitrogen and oxygen atoms in total. The standard InChI is InChI=1S/C12H22N/c1-2-3-4-5-6-7-8-9-10-11-12-13/h13H,2-9,12H2,1H3. The summed E-state index contributed by atoms with van der Waals surface area (Å²) in [6.07, 6.45) is 10.4. The molecular formula is C12H22N. The van der Waals surface area contributed by atoms with E-state index in [1.807, 2.05) is 0 Å². The van der Waals surface area contributed by atoms with E-state index in [4.69, 9.17) is 5.73 Å². The normalized spacial score (nSPS) is 9.38. The van der Waals surface area contributed by atoms with Gasteiger partial charge in [-0.3, -0.25) is 0 Å². The van der Waals surface area contributed by atoms with Gasteiger partial charge < -0.3 is 0 Å². The first-order chi connectivity index (χ1) is 6.41. The zero-order valence-electron chi connectivity index (χ0n) is 8.86. The maximum absolute atomic E-state index is 6.82. The van der Waals surface area contributed by atoms with E-state index >= 15 is 0 Å². The number of rotatable bonds is 7. The molecule has 0 rings (SSSR count).